The normalized spacial score (nSPS) is 10.8. The Balaban J connectivity index is 3.13. The van der Waals surface area contributed by atoms with E-state index in [1.807, 2.05) is 25.2 Å². The molecule has 64 valence electrons. The third kappa shape index (κ3) is 1.47. The van der Waals surface area contributed by atoms with Crippen molar-refractivity contribution in [1.82, 2.24) is 10.2 Å². The topological polar surface area (TPSA) is 28.7 Å². The van der Waals surface area contributed by atoms with E-state index in [2.05, 4.69) is 23.7 Å². The van der Waals surface area contributed by atoms with Gasteiger partial charge in [0.05, 0.1) is 5.69 Å². The summed E-state index contributed by atoms with van der Waals surface area (Å²) in [6.07, 6.45) is 6.76. The molecule has 1 aromatic heterocycles. The van der Waals surface area contributed by atoms with Crippen LogP contribution in [0.15, 0.2) is 12.7 Å². The highest BCUT2D eigenvalue weighted by molar-refractivity contribution is 5.63. The Hall–Kier alpha value is -1.31. The second-order valence-electron chi connectivity index (χ2n) is 2.56. The number of rotatable bonds is 3. The van der Waals surface area contributed by atoms with Crippen LogP contribution in [-0.2, 0) is 6.42 Å². The van der Waals surface area contributed by atoms with E-state index in [1.165, 1.54) is 0 Å². The van der Waals surface area contributed by atoms with Crippen LogP contribution in [0.4, 0.5) is 0 Å². The van der Waals surface area contributed by atoms with Crippen molar-refractivity contribution in [1.29, 1.82) is 0 Å². The largest absolute Gasteiger partial charge is 0.281 e. The van der Waals surface area contributed by atoms with Crippen molar-refractivity contribution in [3.05, 3.63) is 29.6 Å². The molecule has 0 amide bonds. The molecule has 2 heteroatoms. The number of aromatic nitrogens is 2. The zero-order valence-corrected chi connectivity index (χ0v) is 7.59. The van der Waals surface area contributed by atoms with E-state index in [4.69, 9.17) is 0 Å². The van der Waals surface area contributed by atoms with Gasteiger partial charge in [0.15, 0.2) is 0 Å². The maximum atomic E-state index is 4.16. The van der Waals surface area contributed by atoms with Crippen LogP contribution in [0.3, 0.4) is 0 Å². The molecule has 0 saturated carbocycles. The first-order valence-corrected chi connectivity index (χ1v) is 4.15. The Labute approximate surface area is 73.0 Å². The molecule has 2 nitrogen and oxygen atoms in total. The van der Waals surface area contributed by atoms with Crippen LogP contribution >= 0.6 is 0 Å². The van der Waals surface area contributed by atoms with Crippen LogP contribution in [0.25, 0.3) is 12.2 Å². The standard InChI is InChI=1S/C10H14N2/c1-4-7-10-8(5-2)9(6-3)11-12-10/h4-5,7H,2,6H2,1,3H3,(H,11,12)/b7-4-. The third-order valence-corrected chi connectivity index (χ3v) is 1.79. The number of aryl methyl sites for hydroxylation is 1. The third-order valence-electron chi connectivity index (χ3n) is 1.79. The first-order chi connectivity index (χ1) is 5.83. The Kier molecular flexibility index (Phi) is 2.86. The van der Waals surface area contributed by atoms with Crippen molar-refractivity contribution in [2.45, 2.75) is 20.3 Å². The van der Waals surface area contributed by atoms with Crippen molar-refractivity contribution in [3.8, 4) is 0 Å². The van der Waals surface area contributed by atoms with Crippen molar-refractivity contribution in [2.75, 3.05) is 0 Å². The molecule has 0 aliphatic carbocycles. The molecule has 0 aromatic carbocycles. The lowest BCUT2D eigenvalue weighted by Crippen LogP contribution is -1.82. The summed E-state index contributed by atoms with van der Waals surface area (Å²) in [6, 6.07) is 0. The van der Waals surface area contributed by atoms with Gasteiger partial charge in [0.1, 0.15) is 0 Å². The van der Waals surface area contributed by atoms with E-state index >= 15 is 0 Å². The molecule has 0 radical (unpaired) electrons. The highest BCUT2D eigenvalue weighted by Crippen LogP contribution is 2.14. The minimum Gasteiger partial charge on any atom is -0.281 e. The van der Waals surface area contributed by atoms with Crippen molar-refractivity contribution >= 4 is 12.2 Å². The number of nitrogens with one attached hydrogen (secondary N) is 1. The van der Waals surface area contributed by atoms with Gasteiger partial charge in [-0.1, -0.05) is 25.7 Å². The maximum Gasteiger partial charge on any atom is 0.0920 e. The molecule has 0 bridgehead atoms. The maximum absolute atomic E-state index is 4.16. The molecule has 0 spiro atoms. The summed E-state index contributed by atoms with van der Waals surface area (Å²) in [5, 5.41) is 7.15. The average Bonchev–Trinajstić information content (AvgIpc) is 2.47. The molecule has 0 saturated heterocycles. The zero-order valence-electron chi connectivity index (χ0n) is 7.59. The van der Waals surface area contributed by atoms with Crippen LogP contribution in [0.1, 0.15) is 30.8 Å². The Morgan fingerprint density at radius 2 is 2.33 bits per heavy atom. The molecule has 1 heterocycles. The van der Waals surface area contributed by atoms with Crippen LogP contribution in [0.2, 0.25) is 0 Å². The van der Waals surface area contributed by atoms with E-state index in [0.717, 1.165) is 23.4 Å². The van der Waals surface area contributed by atoms with Crippen molar-refractivity contribution < 1.29 is 0 Å². The highest BCUT2D eigenvalue weighted by atomic mass is 15.1. The molecule has 1 rings (SSSR count). The zero-order chi connectivity index (χ0) is 8.97. The number of hydrogen-bond donors (Lipinski definition) is 1. The summed E-state index contributed by atoms with van der Waals surface area (Å²) < 4.78 is 0. The summed E-state index contributed by atoms with van der Waals surface area (Å²) in [5.74, 6) is 0. The lowest BCUT2D eigenvalue weighted by Gasteiger charge is -1.92. The molecule has 12 heavy (non-hydrogen) atoms. The van der Waals surface area contributed by atoms with E-state index < -0.39 is 0 Å². The molecule has 0 unspecified atom stereocenters. The van der Waals surface area contributed by atoms with Gasteiger partial charge in [-0.15, -0.1) is 0 Å². The molecular weight excluding hydrogens is 148 g/mol. The molecule has 0 aliphatic rings. The van der Waals surface area contributed by atoms with E-state index in [-0.39, 0.29) is 0 Å². The van der Waals surface area contributed by atoms with Gasteiger partial charge in [-0.2, -0.15) is 5.10 Å². The second-order valence-corrected chi connectivity index (χ2v) is 2.56. The molecule has 0 fully saturated rings. The van der Waals surface area contributed by atoms with Gasteiger partial charge >= 0.3 is 0 Å². The quantitative estimate of drug-likeness (QED) is 0.727. The van der Waals surface area contributed by atoms with E-state index in [1.54, 1.807) is 0 Å². The predicted octanol–water partition coefficient (Wildman–Crippen LogP) is 2.65. The molecular formula is C10H14N2. The monoisotopic (exact) mass is 162 g/mol. The van der Waals surface area contributed by atoms with Gasteiger partial charge in [-0.3, -0.25) is 5.10 Å². The van der Waals surface area contributed by atoms with Crippen LogP contribution in [0.5, 0.6) is 0 Å². The second kappa shape index (κ2) is 3.90. The Bertz CT molecular complexity index is 295. The summed E-state index contributed by atoms with van der Waals surface area (Å²) in [4.78, 5) is 0. The predicted molar refractivity (Wildman–Crippen MR) is 52.8 cm³/mol. The van der Waals surface area contributed by atoms with E-state index in [9.17, 15) is 0 Å². The van der Waals surface area contributed by atoms with Gasteiger partial charge in [-0.25, -0.2) is 0 Å². The minimum atomic E-state index is 0.964. The summed E-state index contributed by atoms with van der Waals surface area (Å²) >= 11 is 0. The minimum absolute atomic E-state index is 0.964. The highest BCUT2D eigenvalue weighted by Gasteiger charge is 2.04. The van der Waals surface area contributed by atoms with E-state index in [0.29, 0.717) is 0 Å². The summed E-state index contributed by atoms with van der Waals surface area (Å²) in [5.41, 5.74) is 3.25. The molecule has 0 atom stereocenters. The van der Waals surface area contributed by atoms with Gasteiger partial charge < -0.3 is 0 Å². The SMILES string of the molecule is C=Cc1c(/C=C\C)n[nH]c1CC. The number of H-pyrrole nitrogens is 1. The molecule has 0 aliphatic heterocycles. The molecule has 1 aromatic rings. The summed E-state index contributed by atoms with van der Waals surface area (Å²) in [6.45, 7) is 7.84. The van der Waals surface area contributed by atoms with Gasteiger partial charge in [0, 0.05) is 11.3 Å². The smallest absolute Gasteiger partial charge is 0.0920 e. The number of nitrogens with zero attached hydrogens (tertiary/aromatic N) is 1. The summed E-state index contributed by atoms with van der Waals surface area (Å²) in [7, 11) is 0. The first-order valence-electron chi connectivity index (χ1n) is 4.15. The fourth-order valence-electron chi connectivity index (χ4n) is 1.18. The first kappa shape index (κ1) is 8.78. The Morgan fingerprint density at radius 3 is 2.83 bits per heavy atom. The van der Waals surface area contributed by atoms with Crippen LogP contribution in [-0.4, -0.2) is 10.2 Å². The fourth-order valence-corrected chi connectivity index (χ4v) is 1.18. The number of aromatic amines is 1. The fraction of sp³-hybridized carbons (Fsp3) is 0.300. The van der Waals surface area contributed by atoms with Gasteiger partial charge in [-0.05, 0) is 19.4 Å². The molecule has 1 N–H and O–H groups in total. The number of hydrogen-bond acceptors (Lipinski definition) is 1. The lowest BCUT2D eigenvalue weighted by molar-refractivity contribution is 0.970. The van der Waals surface area contributed by atoms with Gasteiger partial charge in [0.25, 0.3) is 0 Å². The lowest BCUT2D eigenvalue weighted by atomic mass is 10.1. The van der Waals surface area contributed by atoms with Crippen LogP contribution < -0.4 is 0 Å². The number of allylic oxidation sites excluding steroid dienone is 1. The van der Waals surface area contributed by atoms with Crippen LogP contribution in [0, 0.1) is 0 Å². The Morgan fingerprint density at radius 1 is 1.58 bits per heavy atom. The average molecular weight is 162 g/mol. The van der Waals surface area contributed by atoms with Crippen molar-refractivity contribution in [2.24, 2.45) is 0 Å². The van der Waals surface area contributed by atoms with Gasteiger partial charge in [0.2, 0.25) is 0 Å². The van der Waals surface area contributed by atoms with Crippen molar-refractivity contribution in [3.63, 3.8) is 0 Å².